The number of amides is 2. The zero-order valence-electron chi connectivity index (χ0n) is 11.3. The molecule has 2 amide bonds. The Bertz CT molecular complexity index is 469. The summed E-state index contributed by atoms with van der Waals surface area (Å²) in [4.78, 5) is 26.1. The second-order valence-corrected chi connectivity index (χ2v) is 4.68. The number of ether oxygens (including phenoxy) is 1. The van der Waals surface area contributed by atoms with Crippen LogP contribution in [0.25, 0.3) is 0 Å². The van der Waals surface area contributed by atoms with Gasteiger partial charge in [-0.15, -0.1) is 0 Å². The van der Waals surface area contributed by atoms with Crippen molar-refractivity contribution in [1.82, 2.24) is 4.90 Å². The van der Waals surface area contributed by atoms with Gasteiger partial charge < -0.3 is 9.64 Å². The molecule has 5 nitrogen and oxygen atoms in total. The third-order valence-corrected chi connectivity index (χ3v) is 3.07. The van der Waals surface area contributed by atoms with E-state index in [1.54, 1.807) is 0 Å². The molecule has 0 saturated carbocycles. The van der Waals surface area contributed by atoms with E-state index in [-0.39, 0.29) is 11.8 Å². The fourth-order valence-electron chi connectivity index (χ4n) is 1.98. The number of rotatable bonds is 5. The second kappa shape index (κ2) is 5.73. The lowest BCUT2D eigenvalue weighted by atomic mass is 10.3. The predicted molar refractivity (Wildman–Crippen MR) is 72.2 cm³/mol. The Morgan fingerprint density at radius 2 is 1.89 bits per heavy atom. The summed E-state index contributed by atoms with van der Waals surface area (Å²) in [5.41, 5.74) is 1.05. The first-order valence-corrected chi connectivity index (χ1v) is 6.31. The van der Waals surface area contributed by atoms with E-state index in [2.05, 4.69) is 0 Å². The van der Waals surface area contributed by atoms with E-state index in [0.29, 0.717) is 26.0 Å². The van der Waals surface area contributed by atoms with Crippen LogP contribution in [0.15, 0.2) is 24.3 Å². The minimum absolute atomic E-state index is 0.101. The lowest BCUT2D eigenvalue weighted by Gasteiger charge is -2.16. The zero-order valence-corrected chi connectivity index (χ0v) is 11.3. The molecule has 0 N–H and O–H groups in total. The molecule has 1 aliphatic heterocycles. The number of likely N-dealkylation sites (tertiary alicyclic amines) is 1. The van der Waals surface area contributed by atoms with Crippen LogP contribution in [0.3, 0.4) is 0 Å². The van der Waals surface area contributed by atoms with Crippen LogP contribution in [0.1, 0.15) is 12.8 Å². The molecule has 0 radical (unpaired) electrons. The van der Waals surface area contributed by atoms with Gasteiger partial charge >= 0.3 is 0 Å². The molecule has 1 heterocycles. The maximum Gasteiger partial charge on any atom is 0.229 e. The number of anilines is 1. The zero-order chi connectivity index (χ0) is 13.8. The Balaban J connectivity index is 1.87. The molecule has 1 fully saturated rings. The highest BCUT2D eigenvalue weighted by atomic mass is 16.5. The van der Waals surface area contributed by atoms with Crippen molar-refractivity contribution < 1.29 is 14.3 Å². The van der Waals surface area contributed by atoms with Gasteiger partial charge in [0, 0.05) is 38.7 Å². The molecular formula is C14H18N2O3. The van der Waals surface area contributed by atoms with Crippen LogP contribution in [-0.2, 0) is 9.59 Å². The third kappa shape index (κ3) is 3.24. The number of carbonyl (C=O) groups is 2. The largest absolute Gasteiger partial charge is 0.492 e. The molecule has 5 heteroatoms. The van der Waals surface area contributed by atoms with Crippen molar-refractivity contribution in [2.45, 2.75) is 12.8 Å². The summed E-state index contributed by atoms with van der Waals surface area (Å²) in [5.74, 6) is 0.538. The van der Waals surface area contributed by atoms with Crippen LogP contribution < -0.4 is 9.64 Å². The molecule has 102 valence electrons. The molecule has 19 heavy (non-hydrogen) atoms. The molecule has 0 spiro atoms. The van der Waals surface area contributed by atoms with Crippen molar-refractivity contribution in [1.29, 1.82) is 0 Å². The van der Waals surface area contributed by atoms with Crippen molar-refractivity contribution in [3.8, 4) is 5.75 Å². The van der Waals surface area contributed by atoms with Crippen LogP contribution in [0.2, 0.25) is 0 Å². The molecule has 0 atom stereocenters. The van der Waals surface area contributed by atoms with Crippen molar-refractivity contribution in [2.75, 3.05) is 32.1 Å². The van der Waals surface area contributed by atoms with E-state index in [0.717, 1.165) is 11.4 Å². The molecule has 1 saturated heterocycles. The minimum atomic E-state index is -0.101. The molecule has 0 aliphatic carbocycles. The number of carbonyl (C=O) groups excluding carboxylic acids is 2. The van der Waals surface area contributed by atoms with E-state index in [9.17, 15) is 9.59 Å². The molecule has 0 aromatic heterocycles. The fourth-order valence-corrected chi connectivity index (χ4v) is 1.98. The number of nitrogens with zero attached hydrogens (tertiary/aromatic N) is 2. The smallest absolute Gasteiger partial charge is 0.229 e. The Morgan fingerprint density at radius 3 is 2.53 bits per heavy atom. The number of hydrogen-bond acceptors (Lipinski definition) is 4. The molecule has 1 aromatic rings. The summed E-state index contributed by atoms with van der Waals surface area (Å²) in [7, 11) is 3.92. The van der Waals surface area contributed by atoms with Gasteiger partial charge in [-0.3, -0.25) is 14.5 Å². The maximum atomic E-state index is 11.4. The number of imide groups is 1. The first kappa shape index (κ1) is 13.4. The maximum absolute atomic E-state index is 11.4. The lowest BCUT2D eigenvalue weighted by Crippen LogP contribution is -2.33. The summed E-state index contributed by atoms with van der Waals surface area (Å²) >= 11 is 0. The summed E-state index contributed by atoms with van der Waals surface area (Å²) in [6.45, 7) is 0.651. The minimum Gasteiger partial charge on any atom is -0.492 e. The van der Waals surface area contributed by atoms with Crippen LogP contribution >= 0.6 is 0 Å². The van der Waals surface area contributed by atoms with E-state index in [4.69, 9.17) is 4.74 Å². The van der Waals surface area contributed by atoms with Gasteiger partial charge in [-0.25, -0.2) is 0 Å². The first-order valence-electron chi connectivity index (χ1n) is 6.31. The molecule has 0 bridgehead atoms. The Labute approximate surface area is 112 Å². The van der Waals surface area contributed by atoms with Gasteiger partial charge in [0.2, 0.25) is 11.8 Å². The summed E-state index contributed by atoms with van der Waals surface area (Å²) in [5, 5.41) is 0. The van der Waals surface area contributed by atoms with E-state index in [1.165, 1.54) is 4.90 Å². The van der Waals surface area contributed by atoms with Crippen molar-refractivity contribution in [3.63, 3.8) is 0 Å². The first-order chi connectivity index (χ1) is 9.08. The molecule has 2 rings (SSSR count). The molecular weight excluding hydrogens is 244 g/mol. The number of benzene rings is 1. The van der Waals surface area contributed by atoms with Gasteiger partial charge in [-0.1, -0.05) is 6.07 Å². The second-order valence-electron chi connectivity index (χ2n) is 4.68. The summed E-state index contributed by atoms with van der Waals surface area (Å²) < 4.78 is 5.58. The van der Waals surface area contributed by atoms with Crippen LogP contribution in [0, 0.1) is 0 Å². The Hall–Kier alpha value is -2.04. The lowest BCUT2D eigenvalue weighted by molar-refractivity contribution is -0.138. The molecule has 0 unspecified atom stereocenters. The molecule has 1 aliphatic rings. The summed E-state index contributed by atoms with van der Waals surface area (Å²) in [6, 6.07) is 7.69. The number of hydrogen-bond donors (Lipinski definition) is 0. The van der Waals surface area contributed by atoms with Gasteiger partial charge in [0.1, 0.15) is 12.4 Å². The highest BCUT2D eigenvalue weighted by molar-refractivity contribution is 6.01. The van der Waals surface area contributed by atoms with Gasteiger partial charge in [-0.2, -0.15) is 0 Å². The standard InChI is InChI=1S/C14H18N2O3/c1-15(2)11-4-3-5-12(10-11)19-9-8-16-13(17)6-7-14(16)18/h3-5,10H,6-9H2,1-2H3. The topological polar surface area (TPSA) is 49.9 Å². The average Bonchev–Trinajstić information content (AvgIpc) is 2.71. The van der Waals surface area contributed by atoms with E-state index in [1.807, 2.05) is 43.3 Å². The van der Waals surface area contributed by atoms with E-state index >= 15 is 0 Å². The Morgan fingerprint density at radius 1 is 1.21 bits per heavy atom. The normalized spacial score (nSPS) is 14.9. The van der Waals surface area contributed by atoms with Crippen LogP contribution in [-0.4, -0.2) is 44.0 Å². The average molecular weight is 262 g/mol. The molecule has 1 aromatic carbocycles. The van der Waals surface area contributed by atoms with Gasteiger partial charge in [0.25, 0.3) is 0 Å². The SMILES string of the molecule is CN(C)c1cccc(OCCN2C(=O)CCC2=O)c1. The fraction of sp³-hybridized carbons (Fsp3) is 0.429. The van der Waals surface area contributed by atoms with Crippen molar-refractivity contribution in [2.24, 2.45) is 0 Å². The van der Waals surface area contributed by atoms with Gasteiger partial charge in [-0.05, 0) is 12.1 Å². The van der Waals surface area contributed by atoms with Crippen molar-refractivity contribution >= 4 is 17.5 Å². The van der Waals surface area contributed by atoms with Crippen LogP contribution in [0.5, 0.6) is 5.75 Å². The van der Waals surface area contributed by atoms with Crippen molar-refractivity contribution in [3.05, 3.63) is 24.3 Å². The van der Waals surface area contributed by atoms with Gasteiger partial charge in [0.05, 0.1) is 6.54 Å². The van der Waals surface area contributed by atoms with Crippen LogP contribution in [0.4, 0.5) is 5.69 Å². The van der Waals surface area contributed by atoms with Gasteiger partial charge in [0.15, 0.2) is 0 Å². The monoisotopic (exact) mass is 262 g/mol. The third-order valence-electron chi connectivity index (χ3n) is 3.07. The predicted octanol–water partition coefficient (Wildman–Crippen LogP) is 1.28. The van der Waals surface area contributed by atoms with E-state index < -0.39 is 0 Å². The Kier molecular flexibility index (Phi) is 4.04. The summed E-state index contributed by atoms with van der Waals surface area (Å²) in [6.07, 6.45) is 0.657. The highest BCUT2D eigenvalue weighted by Gasteiger charge is 2.28. The highest BCUT2D eigenvalue weighted by Crippen LogP contribution is 2.19. The quantitative estimate of drug-likeness (QED) is 0.750.